The second kappa shape index (κ2) is 8.42. The molecule has 0 aliphatic carbocycles. The Kier molecular flexibility index (Phi) is 5.35. The maximum absolute atomic E-state index is 12.3. The highest BCUT2D eigenvalue weighted by Crippen LogP contribution is 2.22. The van der Waals surface area contributed by atoms with E-state index in [2.05, 4.69) is 4.99 Å². The quantitative estimate of drug-likeness (QED) is 0.204. The summed E-state index contributed by atoms with van der Waals surface area (Å²) in [5, 5.41) is 10.7. The molecule has 8 heteroatoms. The maximum Gasteiger partial charge on any atom is 0.363 e. The number of non-ortho nitro benzene ring substituents is 1. The van der Waals surface area contributed by atoms with E-state index in [4.69, 9.17) is 9.47 Å². The molecule has 152 valence electrons. The first-order valence-corrected chi connectivity index (χ1v) is 9.14. The number of carbonyl (C=O) groups excluding carboxylic acids is 2. The molecule has 0 radical (unpaired) electrons. The molecule has 31 heavy (non-hydrogen) atoms. The summed E-state index contributed by atoms with van der Waals surface area (Å²) in [5.74, 6) is -0.773. The molecule has 3 aromatic carbocycles. The number of hydrogen-bond donors (Lipinski definition) is 0. The zero-order valence-corrected chi connectivity index (χ0v) is 15.9. The van der Waals surface area contributed by atoms with Crippen LogP contribution in [0.4, 0.5) is 5.69 Å². The lowest BCUT2D eigenvalue weighted by Crippen LogP contribution is -2.08. The van der Waals surface area contributed by atoms with E-state index in [1.54, 1.807) is 36.4 Å². The standard InChI is InChI=1S/C23H14N2O6/c26-22(17-9-11-18(12-10-17)25(28)29)30-19-8-4-5-15(13-19)14-20-23(27)31-21(24-20)16-6-2-1-3-7-16/h1-14H/b20-14-. The number of ether oxygens (including phenoxy) is 2. The minimum atomic E-state index is -0.663. The van der Waals surface area contributed by atoms with Crippen molar-refractivity contribution in [3.05, 3.63) is 111 Å². The number of nitrogens with zero attached hydrogens (tertiary/aromatic N) is 2. The highest BCUT2D eigenvalue weighted by Gasteiger charge is 2.24. The Balaban J connectivity index is 1.52. The van der Waals surface area contributed by atoms with Crippen LogP contribution in [0.15, 0.2) is 89.6 Å². The van der Waals surface area contributed by atoms with Gasteiger partial charge in [-0.05, 0) is 48.0 Å². The summed E-state index contributed by atoms with van der Waals surface area (Å²) in [6.07, 6.45) is 1.53. The third-order valence-corrected chi connectivity index (χ3v) is 4.33. The van der Waals surface area contributed by atoms with Crippen LogP contribution in [0.25, 0.3) is 6.08 Å². The van der Waals surface area contributed by atoms with E-state index in [-0.39, 0.29) is 28.6 Å². The van der Waals surface area contributed by atoms with Gasteiger partial charge in [0.25, 0.3) is 5.69 Å². The summed E-state index contributed by atoms with van der Waals surface area (Å²) in [4.78, 5) is 38.9. The molecule has 1 aliphatic rings. The van der Waals surface area contributed by atoms with Crippen molar-refractivity contribution in [3.8, 4) is 5.75 Å². The van der Waals surface area contributed by atoms with E-state index >= 15 is 0 Å². The summed E-state index contributed by atoms with van der Waals surface area (Å²) >= 11 is 0. The second-order valence-corrected chi connectivity index (χ2v) is 6.47. The zero-order valence-electron chi connectivity index (χ0n) is 15.9. The molecule has 0 spiro atoms. The van der Waals surface area contributed by atoms with Gasteiger partial charge in [-0.25, -0.2) is 14.6 Å². The van der Waals surface area contributed by atoms with Gasteiger partial charge in [0.05, 0.1) is 10.5 Å². The lowest BCUT2D eigenvalue weighted by atomic mass is 10.2. The summed E-state index contributed by atoms with van der Waals surface area (Å²) in [6.45, 7) is 0. The summed E-state index contributed by atoms with van der Waals surface area (Å²) in [6, 6.07) is 20.7. The lowest BCUT2D eigenvalue weighted by Gasteiger charge is -2.05. The molecule has 0 saturated carbocycles. The fraction of sp³-hybridized carbons (Fsp3) is 0. The highest BCUT2D eigenvalue weighted by atomic mass is 16.6. The van der Waals surface area contributed by atoms with Gasteiger partial charge in [-0.3, -0.25) is 10.1 Å². The van der Waals surface area contributed by atoms with Gasteiger partial charge < -0.3 is 9.47 Å². The van der Waals surface area contributed by atoms with Crippen molar-refractivity contribution >= 4 is 29.6 Å². The van der Waals surface area contributed by atoms with Gasteiger partial charge in [-0.15, -0.1) is 0 Å². The average Bonchev–Trinajstić information content (AvgIpc) is 3.15. The molecule has 0 unspecified atom stereocenters. The van der Waals surface area contributed by atoms with Gasteiger partial charge in [-0.1, -0.05) is 30.3 Å². The molecule has 0 N–H and O–H groups in total. The van der Waals surface area contributed by atoms with Gasteiger partial charge in [0.2, 0.25) is 5.90 Å². The molecule has 1 aliphatic heterocycles. The molecule has 1 heterocycles. The van der Waals surface area contributed by atoms with Gasteiger partial charge in [0.1, 0.15) is 5.75 Å². The van der Waals surface area contributed by atoms with E-state index in [0.717, 1.165) is 0 Å². The van der Waals surface area contributed by atoms with Gasteiger partial charge in [0.15, 0.2) is 5.70 Å². The minimum Gasteiger partial charge on any atom is -0.423 e. The van der Waals surface area contributed by atoms with Crippen molar-refractivity contribution in [1.82, 2.24) is 0 Å². The monoisotopic (exact) mass is 414 g/mol. The third kappa shape index (κ3) is 4.54. The number of aliphatic imine (C=N–C) groups is 1. The van der Waals surface area contributed by atoms with Crippen LogP contribution in [-0.4, -0.2) is 22.8 Å². The van der Waals surface area contributed by atoms with Crippen molar-refractivity contribution in [3.63, 3.8) is 0 Å². The number of carbonyl (C=O) groups is 2. The van der Waals surface area contributed by atoms with Crippen LogP contribution in [0.5, 0.6) is 5.75 Å². The Bertz CT molecular complexity index is 1230. The third-order valence-electron chi connectivity index (χ3n) is 4.33. The fourth-order valence-corrected chi connectivity index (χ4v) is 2.82. The molecule has 4 rings (SSSR count). The van der Waals surface area contributed by atoms with E-state index in [1.165, 1.54) is 30.3 Å². The molecule has 0 bridgehead atoms. The number of nitro benzene ring substituents is 1. The fourth-order valence-electron chi connectivity index (χ4n) is 2.82. The first kappa shape index (κ1) is 19.7. The number of esters is 2. The molecule has 0 aromatic heterocycles. The SMILES string of the molecule is O=C1OC(c2ccccc2)=N/C1=C\c1cccc(OC(=O)c2ccc([N+](=O)[O-])cc2)c1. The van der Waals surface area contributed by atoms with Crippen LogP contribution < -0.4 is 4.74 Å². The highest BCUT2D eigenvalue weighted by molar-refractivity contribution is 6.12. The van der Waals surface area contributed by atoms with E-state index in [0.29, 0.717) is 11.1 Å². The number of cyclic esters (lactones) is 1. The largest absolute Gasteiger partial charge is 0.423 e. The second-order valence-electron chi connectivity index (χ2n) is 6.47. The molecule has 0 amide bonds. The molecule has 0 fully saturated rings. The number of nitro groups is 1. The number of rotatable bonds is 5. The Hall–Kier alpha value is -4.59. The maximum atomic E-state index is 12.3. The average molecular weight is 414 g/mol. The van der Waals surface area contributed by atoms with E-state index < -0.39 is 16.9 Å². The van der Waals surface area contributed by atoms with Crippen molar-refractivity contribution < 1.29 is 24.0 Å². The molecule has 0 saturated heterocycles. The van der Waals surface area contributed by atoms with Gasteiger partial charge >= 0.3 is 11.9 Å². The van der Waals surface area contributed by atoms with Gasteiger partial charge in [0, 0.05) is 17.7 Å². The van der Waals surface area contributed by atoms with Crippen molar-refractivity contribution in [2.24, 2.45) is 4.99 Å². The van der Waals surface area contributed by atoms with Crippen molar-refractivity contribution in [2.45, 2.75) is 0 Å². The van der Waals surface area contributed by atoms with Crippen LogP contribution in [-0.2, 0) is 9.53 Å². The molecule has 8 nitrogen and oxygen atoms in total. The number of benzene rings is 3. The van der Waals surface area contributed by atoms with Crippen LogP contribution >= 0.6 is 0 Å². The summed E-state index contributed by atoms with van der Waals surface area (Å²) in [5.41, 5.74) is 1.44. The molecule has 3 aromatic rings. The topological polar surface area (TPSA) is 108 Å². The Morgan fingerprint density at radius 1 is 1.00 bits per heavy atom. The summed E-state index contributed by atoms with van der Waals surface area (Å²) < 4.78 is 10.6. The predicted molar refractivity (Wildman–Crippen MR) is 112 cm³/mol. The van der Waals surface area contributed by atoms with Crippen LogP contribution in [0, 0.1) is 10.1 Å². The van der Waals surface area contributed by atoms with Crippen LogP contribution in [0.2, 0.25) is 0 Å². The first-order valence-electron chi connectivity index (χ1n) is 9.14. The Morgan fingerprint density at radius 3 is 2.45 bits per heavy atom. The predicted octanol–water partition coefficient (Wildman–Crippen LogP) is 4.16. The first-order chi connectivity index (χ1) is 15.0. The van der Waals surface area contributed by atoms with Crippen molar-refractivity contribution in [2.75, 3.05) is 0 Å². The zero-order chi connectivity index (χ0) is 21.8. The van der Waals surface area contributed by atoms with Crippen molar-refractivity contribution in [1.29, 1.82) is 0 Å². The lowest BCUT2D eigenvalue weighted by molar-refractivity contribution is -0.384. The Labute approximate surface area is 176 Å². The molecular weight excluding hydrogens is 400 g/mol. The molecule has 0 atom stereocenters. The smallest absolute Gasteiger partial charge is 0.363 e. The Morgan fingerprint density at radius 2 is 1.74 bits per heavy atom. The van der Waals surface area contributed by atoms with Gasteiger partial charge in [-0.2, -0.15) is 0 Å². The van der Waals surface area contributed by atoms with Crippen LogP contribution in [0.1, 0.15) is 21.5 Å². The minimum absolute atomic E-state index is 0.121. The van der Waals surface area contributed by atoms with Crippen LogP contribution in [0.3, 0.4) is 0 Å². The normalized spacial score (nSPS) is 14.1. The number of hydrogen-bond acceptors (Lipinski definition) is 7. The summed E-state index contributed by atoms with van der Waals surface area (Å²) in [7, 11) is 0. The van der Waals surface area contributed by atoms with E-state index in [9.17, 15) is 19.7 Å². The molecular formula is C23H14N2O6. The van der Waals surface area contributed by atoms with E-state index in [1.807, 2.05) is 18.2 Å².